The number of rotatable bonds is 4. The van der Waals surface area contributed by atoms with Crippen molar-refractivity contribution >= 4 is 29.0 Å². The fourth-order valence-corrected chi connectivity index (χ4v) is 4.09. The van der Waals surface area contributed by atoms with E-state index in [1.165, 1.54) is 5.56 Å². The maximum Gasteiger partial charge on any atom is 0.262 e. The summed E-state index contributed by atoms with van der Waals surface area (Å²) in [5.41, 5.74) is 4.46. The van der Waals surface area contributed by atoms with Crippen LogP contribution >= 0.6 is 11.8 Å². The van der Waals surface area contributed by atoms with Gasteiger partial charge in [0.05, 0.1) is 11.3 Å². The van der Waals surface area contributed by atoms with Crippen LogP contribution in [-0.2, 0) is 5.75 Å². The Morgan fingerprint density at radius 2 is 1.85 bits per heavy atom. The van der Waals surface area contributed by atoms with E-state index < -0.39 is 0 Å². The SMILES string of the molecule is Cc1ccnc(CSC2Nc3ccccc3C(=O)N2c2ccccc2)c1. The molecule has 4 rings (SSSR count). The summed E-state index contributed by atoms with van der Waals surface area (Å²) in [6.07, 6.45) is 1.83. The number of nitrogens with zero attached hydrogens (tertiary/aromatic N) is 2. The number of amides is 1. The highest BCUT2D eigenvalue weighted by atomic mass is 32.2. The van der Waals surface area contributed by atoms with Gasteiger partial charge in [-0.3, -0.25) is 14.7 Å². The average molecular weight is 361 g/mol. The van der Waals surface area contributed by atoms with Crippen LogP contribution in [0.25, 0.3) is 0 Å². The third kappa shape index (κ3) is 3.30. The quantitative estimate of drug-likeness (QED) is 0.733. The van der Waals surface area contributed by atoms with E-state index in [1.54, 1.807) is 11.8 Å². The number of benzene rings is 2. The second kappa shape index (κ2) is 7.22. The molecule has 2 aromatic carbocycles. The largest absolute Gasteiger partial charge is 0.356 e. The Bertz CT molecular complexity index is 929. The first kappa shape index (κ1) is 16.7. The summed E-state index contributed by atoms with van der Waals surface area (Å²) >= 11 is 1.66. The lowest BCUT2D eigenvalue weighted by Gasteiger charge is -2.37. The Balaban J connectivity index is 1.65. The number of fused-ring (bicyclic) bond motifs is 1. The Hall–Kier alpha value is -2.79. The van der Waals surface area contributed by atoms with Gasteiger partial charge in [0.2, 0.25) is 0 Å². The van der Waals surface area contributed by atoms with Gasteiger partial charge in [0.1, 0.15) is 0 Å². The van der Waals surface area contributed by atoms with Gasteiger partial charge in [-0.2, -0.15) is 0 Å². The van der Waals surface area contributed by atoms with Gasteiger partial charge < -0.3 is 5.32 Å². The Labute approximate surface area is 157 Å². The molecule has 2 heterocycles. The fourth-order valence-electron chi connectivity index (χ4n) is 3.03. The van der Waals surface area contributed by atoms with Gasteiger partial charge in [-0.25, -0.2) is 0 Å². The van der Waals surface area contributed by atoms with E-state index in [0.717, 1.165) is 22.8 Å². The standard InChI is InChI=1S/C21H19N3OS/c1-15-11-12-22-16(13-15)14-26-21-23-19-10-6-5-9-18(19)20(25)24(21)17-7-3-2-4-8-17/h2-13,21,23H,14H2,1H3. The van der Waals surface area contributed by atoms with Crippen LogP contribution in [-0.4, -0.2) is 16.4 Å². The molecular weight excluding hydrogens is 342 g/mol. The number of anilines is 2. The first-order valence-corrected chi connectivity index (χ1v) is 9.54. The number of hydrogen-bond acceptors (Lipinski definition) is 4. The summed E-state index contributed by atoms with van der Waals surface area (Å²) in [6.45, 7) is 2.06. The van der Waals surface area contributed by atoms with E-state index in [-0.39, 0.29) is 11.4 Å². The van der Waals surface area contributed by atoms with Gasteiger partial charge in [0.25, 0.3) is 5.91 Å². The zero-order valence-electron chi connectivity index (χ0n) is 14.4. The monoisotopic (exact) mass is 361 g/mol. The van der Waals surface area contributed by atoms with Gasteiger partial charge >= 0.3 is 0 Å². The lowest BCUT2D eigenvalue weighted by atomic mass is 10.1. The summed E-state index contributed by atoms with van der Waals surface area (Å²) in [5, 5.41) is 3.50. The van der Waals surface area contributed by atoms with E-state index in [9.17, 15) is 4.79 Å². The molecule has 1 unspecified atom stereocenters. The number of aromatic nitrogens is 1. The summed E-state index contributed by atoms with van der Waals surface area (Å²) in [7, 11) is 0. The van der Waals surface area contributed by atoms with Crippen molar-refractivity contribution in [3.63, 3.8) is 0 Å². The fraction of sp³-hybridized carbons (Fsp3) is 0.143. The second-order valence-corrected chi connectivity index (χ2v) is 7.26. The van der Waals surface area contributed by atoms with Crippen molar-refractivity contribution in [2.45, 2.75) is 18.2 Å². The van der Waals surface area contributed by atoms with Gasteiger partial charge in [-0.05, 0) is 48.9 Å². The molecule has 130 valence electrons. The number of para-hydroxylation sites is 2. The molecule has 26 heavy (non-hydrogen) atoms. The minimum atomic E-state index is -0.192. The number of aryl methyl sites for hydroxylation is 1. The highest BCUT2D eigenvalue weighted by molar-refractivity contribution is 7.99. The predicted octanol–water partition coefficient (Wildman–Crippen LogP) is 4.68. The first-order chi connectivity index (χ1) is 12.7. The topological polar surface area (TPSA) is 45.2 Å². The molecule has 4 nitrogen and oxygen atoms in total. The first-order valence-electron chi connectivity index (χ1n) is 8.50. The molecule has 1 aliphatic heterocycles. The summed E-state index contributed by atoms with van der Waals surface area (Å²) in [5.74, 6) is 0.734. The van der Waals surface area contributed by atoms with Crippen LogP contribution in [0.1, 0.15) is 21.6 Å². The van der Waals surface area contributed by atoms with Gasteiger partial charge in [0.15, 0.2) is 5.50 Å². The molecule has 0 radical (unpaired) electrons. The van der Waals surface area contributed by atoms with Gasteiger partial charge in [-0.15, -0.1) is 11.8 Å². The van der Waals surface area contributed by atoms with E-state index in [0.29, 0.717) is 5.56 Å². The molecule has 0 saturated heterocycles. The molecule has 1 N–H and O–H groups in total. The molecule has 0 bridgehead atoms. The molecular formula is C21H19N3OS. The molecule has 1 aliphatic rings. The van der Waals surface area contributed by atoms with E-state index in [1.807, 2.05) is 71.8 Å². The minimum Gasteiger partial charge on any atom is -0.356 e. The average Bonchev–Trinajstić information content (AvgIpc) is 2.67. The molecule has 3 aromatic rings. The van der Waals surface area contributed by atoms with Crippen LogP contribution in [0.3, 0.4) is 0 Å². The molecule has 1 amide bonds. The number of carbonyl (C=O) groups is 1. The Morgan fingerprint density at radius 3 is 2.65 bits per heavy atom. The van der Waals surface area contributed by atoms with Crippen molar-refractivity contribution in [3.8, 4) is 0 Å². The summed E-state index contributed by atoms with van der Waals surface area (Å²) in [6, 6.07) is 21.5. The maximum atomic E-state index is 13.2. The second-order valence-electron chi connectivity index (χ2n) is 6.19. The number of thioether (sulfide) groups is 1. The molecule has 0 spiro atoms. The van der Waals surface area contributed by atoms with Crippen molar-refractivity contribution in [1.29, 1.82) is 0 Å². The van der Waals surface area contributed by atoms with Crippen LogP contribution in [0.5, 0.6) is 0 Å². The minimum absolute atomic E-state index is 0.0141. The number of nitrogens with one attached hydrogen (secondary N) is 1. The molecule has 0 aliphatic carbocycles. The molecule has 0 fully saturated rings. The van der Waals surface area contributed by atoms with E-state index >= 15 is 0 Å². The normalized spacial score (nSPS) is 16.1. The van der Waals surface area contributed by atoms with Crippen LogP contribution in [0.15, 0.2) is 72.9 Å². The van der Waals surface area contributed by atoms with Crippen LogP contribution in [0.2, 0.25) is 0 Å². The lowest BCUT2D eigenvalue weighted by molar-refractivity contribution is 0.0983. The highest BCUT2D eigenvalue weighted by Gasteiger charge is 2.33. The summed E-state index contributed by atoms with van der Waals surface area (Å²) in [4.78, 5) is 19.4. The lowest BCUT2D eigenvalue weighted by Crippen LogP contribution is -2.47. The van der Waals surface area contributed by atoms with Crippen LogP contribution in [0.4, 0.5) is 11.4 Å². The van der Waals surface area contributed by atoms with Crippen LogP contribution in [0, 0.1) is 6.92 Å². The highest BCUT2D eigenvalue weighted by Crippen LogP contribution is 2.34. The van der Waals surface area contributed by atoms with E-state index in [2.05, 4.69) is 23.3 Å². The van der Waals surface area contributed by atoms with Crippen molar-refractivity contribution in [2.24, 2.45) is 0 Å². The number of hydrogen-bond donors (Lipinski definition) is 1. The van der Waals surface area contributed by atoms with Crippen molar-refractivity contribution in [1.82, 2.24) is 4.98 Å². The van der Waals surface area contributed by atoms with Crippen LogP contribution < -0.4 is 10.2 Å². The van der Waals surface area contributed by atoms with Crippen molar-refractivity contribution in [2.75, 3.05) is 10.2 Å². The Morgan fingerprint density at radius 1 is 1.08 bits per heavy atom. The predicted molar refractivity (Wildman–Crippen MR) is 107 cm³/mol. The third-order valence-corrected chi connectivity index (χ3v) is 5.39. The van der Waals surface area contributed by atoms with Crippen molar-refractivity contribution in [3.05, 3.63) is 89.7 Å². The van der Waals surface area contributed by atoms with Gasteiger partial charge in [0, 0.05) is 23.3 Å². The number of pyridine rings is 1. The summed E-state index contributed by atoms with van der Waals surface area (Å²) < 4.78 is 0. The zero-order chi connectivity index (χ0) is 17.9. The molecule has 0 saturated carbocycles. The Kier molecular flexibility index (Phi) is 4.63. The smallest absolute Gasteiger partial charge is 0.262 e. The molecule has 1 atom stereocenters. The molecule has 1 aromatic heterocycles. The molecule has 5 heteroatoms. The third-order valence-electron chi connectivity index (χ3n) is 4.29. The zero-order valence-corrected chi connectivity index (χ0v) is 15.2. The van der Waals surface area contributed by atoms with E-state index in [4.69, 9.17) is 0 Å². The maximum absolute atomic E-state index is 13.2. The van der Waals surface area contributed by atoms with Crippen molar-refractivity contribution < 1.29 is 4.79 Å². The number of carbonyl (C=O) groups excluding carboxylic acids is 1. The van der Waals surface area contributed by atoms with Gasteiger partial charge in [-0.1, -0.05) is 30.3 Å².